The first-order valence-electron chi connectivity index (χ1n) is 5.21. The molecule has 90 valence electrons. The Kier molecular flexibility index (Phi) is 3.49. The third-order valence-electron chi connectivity index (χ3n) is 2.49. The van der Waals surface area contributed by atoms with Gasteiger partial charge in [0.2, 0.25) is 0 Å². The van der Waals surface area contributed by atoms with Crippen LogP contribution in [0, 0.1) is 19.7 Å². The summed E-state index contributed by atoms with van der Waals surface area (Å²) in [6.07, 6.45) is 0. The Morgan fingerprint density at radius 1 is 1.41 bits per heavy atom. The predicted octanol–water partition coefficient (Wildman–Crippen LogP) is 3.04. The SMILES string of the molecule is Cc1nc(Sc2cccc(F)c2CN)oc1C. The summed E-state index contributed by atoms with van der Waals surface area (Å²) in [4.78, 5) is 4.99. The second-order valence-electron chi connectivity index (χ2n) is 3.64. The topological polar surface area (TPSA) is 52.0 Å². The number of aromatic nitrogens is 1. The van der Waals surface area contributed by atoms with Crippen molar-refractivity contribution in [2.45, 2.75) is 30.5 Å². The molecule has 0 saturated heterocycles. The summed E-state index contributed by atoms with van der Waals surface area (Å²) in [6.45, 7) is 3.88. The Hall–Kier alpha value is -1.33. The van der Waals surface area contributed by atoms with Crippen LogP contribution in [-0.2, 0) is 6.54 Å². The lowest BCUT2D eigenvalue weighted by Gasteiger charge is -2.05. The molecule has 0 spiro atoms. The van der Waals surface area contributed by atoms with E-state index >= 15 is 0 Å². The summed E-state index contributed by atoms with van der Waals surface area (Å²) in [7, 11) is 0. The molecule has 0 atom stereocenters. The minimum absolute atomic E-state index is 0.160. The lowest BCUT2D eigenvalue weighted by Crippen LogP contribution is -2.01. The first-order valence-corrected chi connectivity index (χ1v) is 6.03. The highest BCUT2D eigenvalue weighted by Gasteiger charge is 2.12. The molecule has 2 rings (SSSR count). The number of rotatable bonds is 3. The average Bonchev–Trinajstić information content (AvgIpc) is 2.58. The molecule has 0 radical (unpaired) electrons. The fourth-order valence-corrected chi connectivity index (χ4v) is 2.40. The highest BCUT2D eigenvalue weighted by atomic mass is 32.2. The van der Waals surface area contributed by atoms with Crippen LogP contribution in [0.4, 0.5) is 4.39 Å². The van der Waals surface area contributed by atoms with Gasteiger partial charge in [-0.25, -0.2) is 9.37 Å². The van der Waals surface area contributed by atoms with E-state index in [0.29, 0.717) is 10.8 Å². The fourth-order valence-electron chi connectivity index (χ4n) is 1.41. The van der Waals surface area contributed by atoms with Crippen LogP contribution in [0.2, 0.25) is 0 Å². The number of halogens is 1. The lowest BCUT2D eigenvalue weighted by atomic mass is 10.2. The van der Waals surface area contributed by atoms with E-state index in [-0.39, 0.29) is 12.4 Å². The maximum atomic E-state index is 13.5. The quantitative estimate of drug-likeness (QED) is 0.912. The standard InChI is InChI=1S/C12H13FN2OS/c1-7-8(2)16-12(15-7)17-11-5-3-4-10(13)9(11)6-14/h3-5H,6,14H2,1-2H3. The number of oxazole rings is 1. The van der Waals surface area contributed by atoms with Gasteiger partial charge in [0, 0.05) is 17.0 Å². The van der Waals surface area contributed by atoms with Gasteiger partial charge in [-0.2, -0.15) is 0 Å². The number of nitrogens with zero attached hydrogens (tertiary/aromatic N) is 1. The second kappa shape index (κ2) is 4.89. The van der Waals surface area contributed by atoms with E-state index in [0.717, 1.165) is 16.3 Å². The summed E-state index contributed by atoms with van der Waals surface area (Å²) >= 11 is 1.29. The van der Waals surface area contributed by atoms with E-state index in [4.69, 9.17) is 10.2 Å². The number of nitrogens with two attached hydrogens (primary N) is 1. The first kappa shape index (κ1) is 12.1. The van der Waals surface area contributed by atoms with E-state index in [2.05, 4.69) is 4.98 Å². The van der Waals surface area contributed by atoms with Crippen LogP contribution in [0.1, 0.15) is 17.0 Å². The minimum atomic E-state index is -0.294. The molecular weight excluding hydrogens is 239 g/mol. The zero-order valence-electron chi connectivity index (χ0n) is 9.66. The molecule has 0 saturated carbocycles. The number of benzene rings is 1. The zero-order valence-corrected chi connectivity index (χ0v) is 10.5. The van der Waals surface area contributed by atoms with Crippen molar-refractivity contribution in [1.82, 2.24) is 4.98 Å². The molecule has 1 aromatic heterocycles. The van der Waals surface area contributed by atoms with Crippen molar-refractivity contribution in [3.63, 3.8) is 0 Å². The van der Waals surface area contributed by atoms with Gasteiger partial charge in [-0.3, -0.25) is 0 Å². The van der Waals surface area contributed by atoms with Gasteiger partial charge in [-0.15, -0.1) is 0 Å². The van der Waals surface area contributed by atoms with Crippen molar-refractivity contribution in [1.29, 1.82) is 0 Å². The van der Waals surface area contributed by atoms with E-state index in [1.165, 1.54) is 17.8 Å². The predicted molar refractivity (Wildman–Crippen MR) is 64.4 cm³/mol. The molecule has 1 aromatic carbocycles. The molecule has 5 heteroatoms. The van der Waals surface area contributed by atoms with Crippen LogP contribution < -0.4 is 5.73 Å². The normalized spacial score (nSPS) is 10.8. The van der Waals surface area contributed by atoms with Crippen molar-refractivity contribution in [2.24, 2.45) is 5.73 Å². The van der Waals surface area contributed by atoms with Crippen LogP contribution in [0.5, 0.6) is 0 Å². The molecule has 1 heterocycles. The van der Waals surface area contributed by atoms with Gasteiger partial charge in [0.05, 0.1) is 5.69 Å². The van der Waals surface area contributed by atoms with E-state index in [9.17, 15) is 4.39 Å². The van der Waals surface area contributed by atoms with Crippen LogP contribution in [0.3, 0.4) is 0 Å². The molecule has 0 aliphatic rings. The highest BCUT2D eigenvalue weighted by Crippen LogP contribution is 2.31. The van der Waals surface area contributed by atoms with Crippen molar-refractivity contribution >= 4 is 11.8 Å². The summed E-state index contributed by atoms with van der Waals surface area (Å²) < 4.78 is 18.9. The fraction of sp³-hybridized carbons (Fsp3) is 0.250. The monoisotopic (exact) mass is 252 g/mol. The van der Waals surface area contributed by atoms with E-state index in [1.807, 2.05) is 19.9 Å². The number of aryl methyl sites for hydroxylation is 2. The lowest BCUT2D eigenvalue weighted by molar-refractivity contribution is 0.431. The van der Waals surface area contributed by atoms with Crippen LogP contribution in [-0.4, -0.2) is 4.98 Å². The van der Waals surface area contributed by atoms with Crippen molar-refractivity contribution in [3.8, 4) is 0 Å². The Balaban J connectivity index is 2.32. The maximum absolute atomic E-state index is 13.5. The summed E-state index contributed by atoms with van der Waals surface area (Å²) in [5.74, 6) is 0.482. The molecule has 2 aromatic rings. The van der Waals surface area contributed by atoms with E-state index < -0.39 is 0 Å². The highest BCUT2D eigenvalue weighted by molar-refractivity contribution is 7.99. The molecule has 0 aliphatic carbocycles. The van der Waals surface area contributed by atoms with Crippen molar-refractivity contribution < 1.29 is 8.81 Å². The molecular formula is C12H13FN2OS. The van der Waals surface area contributed by atoms with Crippen molar-refractivity contribution in [3.05, 3.63) is 41.0 Å². The van der Waals surface area contributed by atoms with Gasteiger partial charge in [0.25, 0.3) is 5.22 Å². The van der Waals surface area contributed by atoms with Gasteiger partial charge >= 0.3 is 0 Å². The molecule has 2 N–H and O–H groups in total. The first-order chi connectivity index (χ1) is 8.11. The van der Waals surface area contributed by atoms with E-state index in [1.54, 1.807) is 6.07 Å². The van der Waals surface area contributed by atoms with Crippen molar-refractivity contribution in [2.75, 3.05) is 0 Å². The summed E-state index contributed by atoms with van der Waals surface area (Å²) in [5.41, 5.74) is 6.87. The third kappa shape index (κ3) is 2.50. The van der Waals surface area contributed by atoms with Gasteiger partial charge < -0.3 is 10.2 Å². The molecule has 0 bridgehead atoms. The largest absolute Gasteiger partial charge is 0.436 e. The molecule has 0 unspecified atom stereocenters. The molecule has 3 nitrogen and oxygen atoms in total. The minimum Gasteiger partial charge on any atom is -0.436 e. The average molecular weight is 252 g/mol. The van der Waals surface area contributed by atoms with Gasteiger partial charge in [-0.1, -0.05) is 6.07 Å². The molecule has 0 aliphatic heterocycles. The summed E-state index contributed by atoms with van der Waals surface area (Å²) in [5, 5.41) is 0.514. The Bertz CT molecular complexity index is 520. The molecule has 0 amide bonds. The molecule has 17 heavy (non-hydrogen) atoms. The van der Waals surface area contributed by atoms with Gasteiger partial charge in [-0.05, 0) is 37.7 Å². The Morgan fingerprint density at radius 2 is 2.18 bits per heavy atom. The number of hydrogen-bond acceptors (Lipinski definition) is 4. The summed E-state index contributed by atoms with van der Waals surface area (Å²) in [6, 6.07) is 4.86. The van der Waals surface area contributed by atoms with Crippen LogP contribution >= 0.6 is 11.8 Å². The molecule has 0 fully saturated rings. The van der Waals surface area contributed by atoms with Crippen LogP contribution in [0.15, 0.2) is 32.7 Å². The Morgan fingerprint density at radius 3 is 2.76 bits per heavy atom. The maximum Gasteiger partial charge on any atom is 0.261 e. The Labute approximate surface area is 103 Å². The van der Waals surface area contributed by atoms with Crippen LogP contribution in [0.25, 0.3) is 0 Å². The zero-order chi connectivity index (χ0) is 12.4. The number of hydrogen-bond donors (Lipinski definition) is 1. The second-order valence-corrected chi connectivity index (χ2v) is 4.64. The van der Waals surface area contributed by atoms with Gasteiger partial charge in [0.15, 0.2) is 0 Å². The smallest absolute Gasteiger partial charge is 0.261 e. The third-order valence-corrected chi connectivity index (χ3v) is 3.44. The van der Waals surface area contributed by atoms with Gasteiger partial charge in [0.1, 0.15) is 11.6 Å².